The lowest BCUT2D eigenvalue weighted by Crippen LogP contribution is -2.37. The van der Waals surface area contributed by atoms with Crippen molar-refractivity contribution in [1.29, 1.82) is 0 Å². The number of amides is 1. The molecule has 1 amide bonds. The first-order valence-electron chi connectivity index (χ1n) is 8.21. The molecule has 0 saturated heterocycles. The number of anilines is 1. The van der Waals surface area contributed by atoms with Crippen molar-refractivity contribution >= 4 is 23.2 Å². The molecule has 1 aromatic heterocycles. The molecule has 4 heteroatoms. The van der Waals surface area contributed by atoms with Crippen LogP contribution >= 0.6 is 11.6 Å². The number of pyridine rings is 1. The zero-order valence-corrected chi connectivity index (χ0v) is 16.4. The van der Waals surface area contributed by atoms with Gasteiger partial charge in [0.15, 0.2) is 0 Å². The number of benzene rings is 1. The molecule has 0 spiro atoms. The first-order chi connectivity index (χ1) is 11.2. The van der Waals surface area contributed by atoms with Gasteiger partial charge in [-0.2, -0.15) is 0 Å². The molecule has 1 heterocycles. The normalized spacial score (nSPS) is 10.7. The van der Waals surface area contributed by atoms with Crippen molar-refractivity contribution in [2.75, 3.05) is 11.9 Å². The quantitative estimate of drug-likeness (QED) is 0.649. The molecular formula is C20H27ClN2O. The van der Waals surface area contributed by atoms with Crippen molar-refractivity contribution < 1.29 is 4.79 Å². The molecule has 2 rings (SSSR count). The van der Waals surface area contributed by atoms with Crippen LogP contribution in [0.2, 0.25) is 5.15 Å². The minimum atomic E-state index is -0.461. The molecule has 0 fully saturated rings. The van der Waals surface area contributed by atoms with Gasteiger partial charge in [-0.1, -0.05) is 70.5 Å². The SMILES string of the molecule is CC.Cc1ccccc1-c1cc(Cl)ncc1N(C)C(=O)C(C)(C)C. The summed E-state index contributed by atoms with van der Waals surface area (Å²) in [5, 5.41) is 0.415. The maximum atomic E-state index is 12.6. The standard InChI is InChI=1S/C18H21ClN2O.C2H6/c1-12-8-6-7-9-13(12)14-10-16(19)20-11-15(14)21(5)17(22)18(2,3)4;1-2/h6-11H,1-5H3;1-2H3. The van der Waals surface area contributed by atoms with Gasteiger partial charge in [-0.25, -0.2) is 4.98 Å². The Bertz CT molecular complexity index is 705. The van der Waals surface area contributed by atoms with E-state index in [2.05, 4.69) is 4.98 Å². The molecule has 0 atom stereocenters. The maximum absolute atomic E-state index is 12.6. The Morgan fingerprint density at radius 3 is 2.25 bits per heavy atom. The van der Waals surface area contributed by atoms with Crippen molar-refractivity contribution in [2.45, 2.75) is 41.5 Å². The number of halogens is 1. The summed E-state index contributed by atoms with van der Waals surface area (Å²) < 4.78 is 0. The molecule has 130 valence electrons. The van der Waals surface area contributed by atoms with E-state index in [1.54, 1.807) is 18.1 Å². The largest absolute Gasteiger partial charge is 0.313 e. The highest BCUT2D eigenvalue weighted by atomic mass is 35.5. The molecule has 3 nitrogen and oxygen atoms in total. The van der Waals surface area contributed by atoms with E-state index in [-0.39, 0.29) is 5.91 Å². The topological polar surface area (TPSA) is 33.2 Å². The number of nitrogens with zero attached hydrogens (tertiary/aromatic N) is 2. The molecule has 24 heavy (non-hydrogen) atoms. The van der Waals surface area contributed by atoms with Crippen LogP contribution in [0, 0.1) is 12.3 Å². The second kappa shape index (κ2) is 8.29. The van der Waals surface area contributed by atoms with Gasteiger partial charge in [-0.15, -0.1) is 0 Å². The van der Waals surface area contributed by atoms with Crippen LogP contribution in [0.1, 0.15) is 40.2 Å². The van der Waals surface area contributed by atoms with Gasteiger partial charge >= 0.3 is 0 Å². The monoisotopic (exact) mass is 346 g/mol. The fraction of sp³-hybridized carbons (Fsp3) is 0.400. The highest BCUT2D eigenvalue weighted by Gasteiger charge is 2.27. The van der Waals surface area contributed by atoms with E-state index in [9.17, 15) is 4.79 Å². The molecule has 0 saturated carbocycles. The van der Waals surface area contributed by atoms with Crippen molar-refractivity contribution in [3.8, 4) is 11.1 Å². The first-order valence-corrected chi connectivity index (χ1v) is 8.59. The van der Waals surface area contributed by atoms with Crippen LogP contribution in [0.3, 0.4) is 0 Å². The van der Waals surface area contributed by atoms with E-state index < -0.39 is 5.41 Å². The van der Waals surface area contributed by atoms with Gasteiger partial charge in [0, 0.05) is 18.0 Å². The molecule has 0 N–H and O–H groups in total. The molecule has 2 aromatic rings. The lowest BCUT2D eigenvalue weighted by Gasteiger charge is -2.27. The summed E-state index contributed by atoms with van der Waals surface area (Å²) in [5.41, 5.74) is 3.40. The zero-order chi connectivity index (χ0) is 18.5. The number of hydrogen-bond acceptors (Lipinski definition) is 2. The lowest BCUT2D eigenvalue weighted by molar-refractivity contribution is -0.125. The molecule has 1 aromatic carbocycles. The molecule has 0 unspecified atom stereocenters. The number of hydrogen-bond donors (Lipinski definition) is 0. The second-order valence-corrected chi connectivity index (χ2v) is 6.84. The van der Waals surface area contributed by atoms with Gasteiger partial charge < -0.3 is 4.90 Å². The highest BCUT2D eigenvalue weighted by Crippen LogP contribution is 2.35. The van der Waals surface area contributed by atoms with Gasteiger partial charge in [0.05, 0.1) is 11.9 Å². The van der Waals surface area contributed by atoms with Crippen LogP contribution in [0.25, 0.3) is 11.1 Å². The van der Waals surface area contributed by atoms with E-state index in [4.69, 9.17) is 11.6 Å². The predicted octanol–water partition coefficient (Wildman–Crippen LogP) is 5.75. The molecule has 0 aliphatic carbocycles. The fourth-order valence-corrected chi connectivity index (χ4v) is 2.55. The number of carbonyl (C=O) groups excluding carboxylic acids is 1. The molecule has 0 aliphatic rings. The van der Waals surface area contributed by atoms with Gasteiger partial charge in [0.1, 0.15) is 5.15 Å². The Hall–Kier alpha value is -1.87. The van der Waals surface area contributed by atoms with Crippen LogP contribution in [0.5, 0.6) is 0 Å². The third kappa shape index (κ3) is 4.57. The van der Waals surface area contributed by atoms with E-state index in [1.807, 2.05) is 71.9 Å². The van der Waals surface area contributed by atoms with Gasteiger partial charge in [-0.3, -0.25) is 4.79 Å². The molecular weight excluding hydrogens is 320 g/mol. The third-order valence-corrected chi connectivity index (χ3v) is 3.80. The van der Waals surface area contributed by atoms with E-state index in [0.717, 1.165) is 22.4 Å². The second-order valence-electron chi connectivity index (χ2n) is 6.45. The van der Waals surface area contributed by atoms with Gasteiger partial charge in [-0.05, 0) is 24.1 Å². The van der Waals surface area contributed by atoms with Crippen molar-refractivity contribution in [3.63, 3.8) is 0 Å². The maximum Gasteiger partial charge on any atom is 0.232 e. The summed E-state index contributed by atoms with van der Waals surface area (Å²) in [7, 11) is 1.78. The summed E-state index contributed by atoms with van der Waals surface area (Å²) in [4.78, 5) is 18.4. The van der Waals surface area contributed by atoms with Crippen molar-refractivity contribution in [3.05, 3.63) is 47.2 Å². The number of rotatable bonds is 2. The van der Waals surface area contributed by atoms with Crippen LogP contribution in [-0.2, 0) is 4.79 Å². The van der Waals surface area contributed by atoms with Crippen LogP contribution in [0.4, 0.5) is 5.69 Å². The molecule has 0 radical (unpaired) electrons. The Balaban J connectivity index is 0.00000139. The molecule has 0 bridgehead atoms. The predicted molar refractivity (Wildman–Crippen MR) is 104 cm³/mol. The van der Waals surface area contributed by atoms with Crippen LogP contribution in [-0.4, -0.2) is 17.9 Å². The highest BCUT2D eigenvalue weighted by molar-refractivity contribution is 6.29. The minimum absolute atomic E-state index is 0.0338. The average Bonchev–Trinajstić information content (AvgIpc) is 2.55. The molecule has 0 aliphatic heterocycles. The fourth-order valence-electron chi connectivity index (χ4n) is 2.39. The first kappa shape index (κ1) is 20.2. The summed E-state index contributed by atoms with van der Waals surface area (Å²) in [6, 6.07) is 9.85. The number of aryl methyl sites for hydroxylation is 1. The summed E-state index contributed by atoms with van der Waals surface area (Å²) in [5.74, 6) is 0.0338. The lowest BCUT2D eigenvalue weighted by atomic mass is 9.93. The van der Waals surface area contributed by atoms with Crippen LogP contribution < -0.4 is 4.90 Å². The Morgan fingerprint density at radius 1 is 1.12 bits per heavy atom. The zero-order valence-electron chi connectivity index (χ0n) is 15.6. The summed E-state index contributed by atoms with van der Waals surface area (Å²) in [6.07, 6.45) is 1.66. The Labute approximate surface area is 150 Å². The summed E-state index contributed by atoms with van der Waals surface area (Å²) >= 11 is 6.08. The summed E-state index contributed by atoms with van der Waals surface area (Å²) in [6.45, 7) is 11.8. The number of carbonyl (C=O) groups is 1. The third-order valence-electron chi connectivity index (χ3n) is 3.59. The number of aromatic nitrogens is 1. The van der Waals surface area contributed by atoms with E-state index >= 15 is 0 Å². The Kier molecular flexibility index (Phi) is 6.97. The Morgan fingerprint density at radius 2 is 1.71 bits per heavy atom. The minimum Gasteiger partial charge on any atom is -0.313 e. The van der Waals surface area contributed by atoms with Crippen molar-refractivity contribution in [1.82, 2.24) is 4.98 Å². The van der Waals surface area contributed by atoms with E-state index in [0.29, 0.717) is 5.15 Å². The average molecular weight is 347 g/mol. The smallest absolute Gasteiger partial charge is 0.232 e. The van der Waals surface area contributed by atoms with Crippen molar-refractivity contribution in [2.24, 2.45) is 5.41 Å². The van der Waals surface area contributed by atoms with Gasteiger partial charge in [0.25, 0.3) is 0 Å². The van der Waals surface area contributed by atoms with Gasteiger partial charge in [0.2, 0.25) is 5.91 Å². The van der Waals surface area contributed by atoms with E-state index in [1.165, 1.54) is 0 Å². The van der Waals surface area contributed by atoms with Crippen LogP contribution in [0.15, 0.2) is 36.5 Å².